The molecule has 9 heteroatoms. The third-order valence-corrected chi connectivity index (χ3v) is 7.22. The van der Waals surface area contributed by atoms with Crippen molar-refractivity contribution >= 4 is 27.0 Å². The number of hydrogen-bond donors (Lipinski definition) is 0. The van der Waals surface area contributed by atoms with Gasteiger partial charge in [0.2, 0.25) is 5.82 Å². The minimum Gasteiger partial charge on any atom is -0.497 e. The van der Waals surface area contributed by atoms with E-state index < -0.39 is 10.0 Å². The van der Waals surface area contributed by atoms with E-state index in [1.54, 1.807) is 42.8 Å². The van der Waals surface area contributed by atoms with Crippen LogP contribution in [0.2, 0.25) is 0 Å². The Morgan fingerprint density at radius 1 is 1.03 bits per heavy atom. The topological polar surface area (TPSA) is 85.5 Å². The lowest BCUT2D eigenvalue weighted by Crippen LogP contribution is -2.26. The van der Waals surface area contributed by atoms with Gasteiger partial charge in [0, 0.05) is 12.6 Å². The Balaban J connectivity index is 1.69. The van der Waals surface area contributed by atoms with Crippen LogP contribution in [0.3, 0.4) is 0 Å². The monoisotopic (exact) mass is 427 g/mol. The number of nitrogens with zero attached hydrogens (tertiary/aromatic N) is 3. The summed E-state index contributed by atoms with van der Waals surface area (Å²) >= 11 is 1.23. The second kappa shape index (κ2) is 7.69. The molecule has 4 aromatic rings. The first-order chi connectivity index (χ1) is 14.0. The van der Waals surface area contributed by atoms with E-state index in [9.17, 15) is 8.42 Å². The molecule has 2 heterocycles. The first kappa shape index (κ1) is 19.2. The number of thiophene rings is 1. The first-order valence-corrected chi connectivity index (χ1v) is 10.9. The van der Waals surface area contributed by atoms with Crippen LogP contribution in [0, 0.1) is 0 Å². The maximum Gasteiger partial charge on any atom is 0.269 e. The summed E-state index contributed by atoms with van der Waals surface area (Å²) in [5.41, 5.74) is 1.30. The highest BCUT2D eigenvalue weighted by molar-refractivity contribution is 7.93. The lowest BCUT2D eigenvalue weighted by molar-refractivity contribution is 0.415. The van der Waals surface area contributed by atoms with Crippen molar-refractivity contribution in [1.29, 1.82) is 0 Å². The van der Waals surface area contributed by atoms with Crippen molar-refractivity contribution in [3.05, 3.63) is 66.0 Å². The van der Waals surface area contributed by atoms with E-state index in [1.807, 2.05) is 30.3 Å². The van der Waals surface area contributed by atoms with Crippen molar-refractivity contribution in [2.75, 3.05) is 18.5 Å². The number of hydrogen-bond acceptors (Lipinski definition) is 7. The summed E-state index contributed by atoms with van der Waals surface area (Å²) in [6, 6.07) is 17.7. The smallest absolute Gasteiger partial charge is 0.269 e. The molecule has 4 rings (SSSR count). The zero-order valence-corrected chi connectivity index (χ0v) is 17.3. The van der Waals surface area contributed by atoms with E-state index in [-0.39, 0.29) is 10.8 Å². The second-order valence-corrected chi connectivity index (χ2v) is 8.93. The number of ether oxygens (including phenoxy) is 1. The Morgan fingerprint density at radius 3 is 2.45 bits per heavy atom. The predicted molar refractivity (Wildman–Crippen MR) is 112 cm³/mol. The summed E-state index contributed by atoms with van der Waals surface area (Å²) in [7, 11) is -0.769. The van der Waals surface area contributed by atoms with Crippen LogP contribution < -0.4 is 9.04 Å². The fourth-order valence-corrected chi connectivity index (χ4v) is 5.27. The van der Waals surface area contributed by atoms with E-state index >= 15 is 0 Å². The van der Waals surface area contributed by atoms with E-state index in [4.69, 9.17) is 9.26 Å². The zero-order valence-electron chi connectivity index (χ0n) is 15.6. The third kappa shape index (κ3) is 3.62. The minimum absolute atomic E-state index is 0.115. The van der Waals surface area contributed by atoms with Crippen LogP contribution in [0.5, 0.6) is 5.75 Å². The Hall–Kier alpha value is -3.17. The average molecular weight is 428 g/mol. The van der Waals surface area contributed by atoms with Crippen LogP contribution in [0.15, 0.2) is 75.5 Å². The average Bonchev–Trinajstić information content (AvgIpc) is 3.43. The van der Waals surface area contributed by atoms with Gasteiger partial charge in [0.25, 0.3) is 15.9 Å². The second-order valence-electron chi connectivity index (χ2n) is 6.07. The van der Waals surface area contributed by atoms with Crippen molar-refractivity contribution in [3.63, 3.8) is 0 Å². The van der Waals surface area contributed by atoms with Gasteiger partial charge >= 0.3 is 0 Å². The molecule has 0 fully saturated rings. The Morgan fingerprint density at radius 2 is 1.76 bits per heavy atom. The molecule has 0 unspecified atom stereocenters. The molecule has 29 heavy (non-hydrogen) atoms. The number of sulfonamides is 1. The van der Waals surface area contributed by atoms with Gasteiger partial charge in [0.15, 0.2) is 0 Å². The molecule has 148 valence electrons. The van der Waals surface area contributed by atoms with Gasteiger partial charge in [-0.25, -0.2) is 8.42 Å². The third-order valence-electron chi connectivity index (χ3n) is 4.36. The molecule has 0 amide bonds. The Kier molecular flexibility index (Phi) is 5.08. The van der Waals surface area contributed by atoms with Crippen LogP contribution in [-0.2, 0) is 10.0 Å². The molecule has 0 spiro atoms. The molecular formula is C20H17N3O4S2. The van der Waals surface area contributed by atoms with Gasteiger partial charge in [-0.05, 0) is 35.7 Å². The highest BCUT2D eigenvalue weighted by Gasteiger charge is 2.28. The van der Waals surface area contributed by atoms with Crippen molar-refractivity contribution < 1.29 is 17.7 Å². The lowest BCUT2D eigenvalue weighted by Gasteiger charge is -2.19. The molecule has 2 aromatic carbocycles. The van der Waals surface area contributed by atoms with Gasteiger partial charge in [0.1, 0.15) is 15.5 Å². The van der Waals surface area contributed by atoms with Gasteiger partial charge in [-0.15, -0.1) is 11.3 Å². The Labute approximate surface area is 172 Å². The maximum absolute atomic E-state index is 13.2. The number of benzene rings is 2. The molecule has 0 aliphatic heterocycles. The van der Waals surface area contributed by atoms with Gasteiger partial charge < -0.3 is 9.26 Å². The standard InChI is InChI=1S/C20H17N3O4S2/c1-23(15-8-10-16(26-2)11-9-15)29(24,25)17-12-13-28-18(17)20-21-19(22-27-20)14-6-4-3-5-7-14/h3-13H,1-2H3. The van der Waals surface area contributed by atoms with Crippen LogP contribution in [0.1, 0.15) is 0 Å². The molecule has 0 radical (unpaired) electrons. The largest absolute Gasteiger partial charge is 0.497 e. The van der Waals surface area contributed by atoms with Crippen LogP contribution in [-0.4, -0.2) is 32.7 Å². The van der Waals surface area contributed by atoms with Crippen LogP contribution in [0.25, 0.3) is 22.2 Å². The minimum atomic E-state index is -3.83. The van der Waals surface area contributed by atoms with Crippen molar-refractivity contribution in [3.8, 4) is 27.9 Å². The van der Waals surface area contributed by atoms with Crippen molar-refractivity contribution in [1.82, 2.24) is 10.1 Å². The van der Waals surface area contributed by atoms with Gasteiger partial charge in [-0.2, -0.15) is 4.98 Å². The number of rotatable bonds is 6. The quantitative estimate of drug-likeness (QED) is 0.456. The summed E-state index contributed by atoms with van der Waals surface area (Å²) in [6.45, 7) is 0. The van der Waals surface area contributed by atoms with E-state index in [0.29, 0.717) is 22.1 Å². The predicted octanol–water partition coefficient (Wildman–Crippen LogP) is 4.30. The number of aromatic nitrogens is 2. The summed E-state index contributed by atoms with van der Waals surface area (Å²) in [4.78, 5) is 4.90. The van der Waals surface area contributed by atoms with Crippen LogP contribution >= 0.6 is 11.3 Å². The fourth-order valence-electron chi connectivity index (χ4n) is 2.76. The highest BCUT2D eigenvalue weighted by Crippen LogP contribution is 2.35. The van der Waals surface area contributed by atoms with Gasteiger partial charge in [-0.3, -0.25) is 4.31 Å². The Bertz CT molecular complexity index is 1220. The molecule has 0 atom stereocenters. The highest BCUT2D eigenvalue weighted by atomic mass is 32.2. The molecule has 7 nitrogen and oxygen atoms in total. The SMILES string of the molecule is COc1ccc(N(C)S(=O)(=O)c2ccsc2-c2nc(-c3ccccc3)no2)cc1. The number of methoxy groups -OCH3 is 1. The van der Waals surface area contributed by atoms with Gasteiger partial charge in [-0.1, -0.05) is 35.5 Å². The molecule has 0 aliphatic rings. The van der Waals surface area contributed by atoms with Crippen LogP contribution in [0.4, 0.5) is 5.69 Å². The normalized spacial score (nSPS) is 11.4. The fraction of sp³-hybridized carbons (Fsp3) is 0.100. The molecule has 2 aromatic heterocycles. The lowest BCUT2D eigenvalue weighted by atomic mass is 10.2. The summed E-state index contributed by atoms with van der Waals surface area (Å²) < 4.78 is 38.2. The maximum atomic E-state index is 13.2. The van der Waals surface area contributed by atoms with E-state index in [2.05, 4.69) is 10.1 Å². The number of anilines is 1. The van der Waals surface area contributed by atoms with Crippen molar-refractivity contribution in [2.24, 2.45) is 0 Å². The van der Waals surface area contributed by atoms with Gasteiger partial charge in [0.05, 0.1) is 12.8 Å². The molecule has 0 saturated heterocycles. The molecule has 0 N–H and O–H groups in total. The summed E-state index contributed by atoms with van der Waals surface area (Å²) in [5, 5.41) is 5.68. The molecule has 0 saturated carbocycles. The molecular weight excluding hydrogens is 410 g/mol. The van der Waals surface area contributed by atoms with Crippen molar-refractivity contribution in [2.45, 2.75) is 4.90 Å². The molecule has 0 bridgehead atoms. The zero-order chi connectivity index (χ0) is 20.4. The van der Waals surface area contributed by atoms with E-state index in [0.717, 1.165) is 5.56 Å². The molecule has 0 aliphatic carbocycles. The first-order valence-electron chi connectivity index (χ1n) is 8.60. The summed E-state index contributed by atoms with van der Waals surface area (Å²) in [5.74, 6) is 1.22. The van der Waals surface area contributed by atoms with E-state index in [1.165, 1.54) is 22.7 Å². The summed E-state index contributed by atoms with van der Waals surface area (Å²) in [6.07, 6.45) is 0.